The van der Waals surface area contributed by atoms with Crippen LogP contribution in [0.4, 0.5) is 10.5 Å². The van der Waals surface area contributed by atoms with Crippen molar-refractivity contribution < 1.29 is 9.53 Å². The summed E-state index contributed by atoms with van der Waals surface area (Å²) in [4.78, 5) is 13.3. The number of nitrogens with zero attached hydrogens (tertiary/aromatic N) is 1. The molecule has 146 valence electrons. The highest BCUT2D eigenvalue weighted by atomic mass is 35.5. The maximum Gasteiger partial charge on any atom is 0.411 e. The first-order valence-electron chi connectivity index (χ1n) is 7.56. The van der Waals surface area contributed by atoms with Gasteiger partial charge in [0.1, 0.15) is 0 Å². The molecule has 0 unspecified atom stereocenters. The van der Waals surface area contributed by atoms with Crippen molar-refractivity contribution in [2.75, 3.05) is 42.6 Å². The minimum atomic E-state index is -0.470. The van der Waals surface area contributed by atoms with Crippen LogP contribution in [0, 0.1) is 0 Å². The van der Waals surface area contributed by atoms with Crippen molar-refractivity contribution in [1.29, 1.82) is 0 Å². The van der Waals surface area contributed by atoms with Gasteiger partial charge < -0.3 is 4.74 Å². The van der Waals surface area contributed by atoms with Gasteiger partial charge in [0.2, 0.25) is 0 Å². The summed E-state index contributed by atoms with van der Waals surface area (Å²) in [6.45, 7) is 6.21. The fourth-order valence-corrected chi connectivity index (χ4v) is 2.53. The van der Waals surface area contributed by atoms with Crippen LogP contribution in [-0.2, 0) is 4.74 Å². The van der Waals surface area contributed by atoms with Gasteiger partial charge in [-0.15, -0.1) is 47.2 Å². The average Bonchev–Trinajstić information content (AvgIpc) is 2.48. The highest BCUT2D eigenvalue weighted by molar-refractivity contribution is 6.30. The summed E-state index contributed by atoms with van der Waals surface area (Å²) < 4.78 is 4.90. The Hall–Kier alpha value is -0.1000. The Balaban J connectivity index is 0. The SMILES string of the molecule is CC(C)OC(=O)Nc1cccc(Cl)c1.Cl.ClCCN(CCCl)CCCl. The number of alkyl halides is 3. The molecule has 25 heavy (non-hydrogen) atoms. The zero-order chi connectivity index (χ0) is 18.4. The molecule has 1 aromatic carbocycles. The van der Waals surface area contributed by atoms with Gasteiger partial charge in [0.25, 0.3) is 0 Å². The molecule has 9 heteroatoms. The van der Waals surface area contributed by atoms with Gasteiger partial charge in [0, 0.05) is 48.0 Å². The van der Waals surface area contributed by atoms with Gasteiger partial charge in [-0.05, 0) is 32.0 Å². The number of hydrogen-bond acceptors (Lipinski definition) is 3. The molecule has 1 aromatic rings. The highest BCUT2D eigenvalue weighted by Crippen LogP contribution is 2.15. The van der Waals surface area contributed by atoms with E-state index in [1.54, 1.807) is 38.1 Å². The van der Waals surface area contributed by atoms with Crippen LogP contribution in [-0.4, -0.2) is 54.4 Å². The van der Waals surface area contributed by atoms with Crippen molar-refractivity contribution in [2.24, 2.45) is 0 Å². The van der Waals surface area contributed by atoms with E-state index in [4.69, 9.17) is 51.1 Å². The molecule has 0 heterocycles. The highest BCUT2D eigenvalue weighted by Gasteiger charge is 2.05. The topological polar surface area (TPSA) is 41.6 Å². The summed E-state index contributed by atoms with van der Waals surface area (Å²) >= 11 is 22.4. The molecule has 0 saturated heterocycles. The van der Waals surface area contributed by atoms with E-state index in [-0.39, 0.29) is 18.5 Å². The van der Waals surface area contributed by atoms with Crippen LogP contribution in [0.3, 0.4) is 0 Å². The van der Waals surface area contributed by atoms with Gasteiger partial charge in [-0.25, -0.2) is 4.79 Å². The first-order chi connectivity index (χ1) is 11.4. The number of halogens is 5. The zero-order valence-electron chi connectivity index (χ0n) is 14.3. The summed E-state index contributed by atoms with van der Waals surface area (Å²) in [5.74, 6) is 1.94. The lowest BCUT2D eigenvalue weighted by molar-refractivity contribution is 0.130. The van der Waals surface area contributed by atoms with Crippen LogP contribution >= 0.6 is 58.8 Å². The third-order valence-electron chi connectivity index (χ3n) is 2.62. The predicted molar refractivity (Wildman–Crippen MR) is 113 cm³/mol. The first kappa shape index (κ1) is 27.1. The summed E-state index contributed by atoms with van der Waals surface area (Å²) in [6, 6.07) is 6.89. The molecule has 0 spiro atoms. The van der Waals surface area contributed by atoms with Crippen molar-refractivity contribution in [1.82, 2.24) is 4.90 Å². The average molecular weight is 455 g/mol. The third-order valence-corrected chi connectivity index (χ3v) is 3.36. The Bertz CT molecular complexity index is 450. The number of carbonyl (C=O) groups is 1. The normalized spacial score (nSPS) is 9.92. The van der Waals surface area contributed by atoms with Gasteiger partial charge in [-0.1, -0.05) is 17.7 Å². The maximum atomic E-state index is 11.2. The Morgan fingerprint density at radius 3 is 2.04 bits per heavy atom. The third kappa shape index (κ3) is 15.8. The van der Waals surface area contributed by atoms with Gasteiger partial charge >= 0.3 is 6.09 Å². The molecule has 0 aromatic heterocycles. The Labute approximate surface area is 176 Å². The summed E-state index contributed by atoms with van der Waals surface area (Å²) in [6.07, 6.45) is -0.601. The van der Waals surface area contributed by atoms with E-state index in [9.17, 15) is 4.79 Å². The number of nitrogens with one attached hydrogen (secondary N) is 1. The van der Waals surface area contributed by atoms with E-state index in [2.05, 4.69) is 10.2 Å². The molecule has 0 aliphatic heterocycles. The summed E-state index contributed by atoms with van der Waals surface area (Å²) in [5, 5.41) is 3.14. The number of carbonyl (C=O) groups excluding carboxylic acids is 1. The van der Waals surface area contributed by atoms with Gasteiger partial charge in [0.15, 0.2) is 0 Å². The minimum absolute atomic E-state index is 0. The van der Waals surface area contributed by atoms with E-state index in [0.717, 1.165) is 19.6 Å². The van der Waals surface area contributed by atoms with Gasteiger partial charge in [-0.3, -0.25) is 10.2 Å². The standard InChI is InChI=1S/C10H12ClNO2.C6H12Cl3N.ClH/c1-7(2)14-10(13)12-9-5-3-4-8(11)6-9;7-1-4-10(5-2-8)6-3-9;/h3-7H,1-2H3,(H,12,13);1-6H2;1H. The lowest BCUT2D eigenvalue weighted by Crippen LogP contribution is -2.29. The van der Waals surface area contributed by atoms with E-state index < -0.39 is 6.09 Å². The van der Waals surface area contributed by atoms with Crippen molar-refractivity contribution in [3.8, 4) is 0 Å². The number of benzene rings is 1. The van der Waals surface area contributed by atoms with Crippen LogP contribution in [0.5, 0.6) is 0 Å². The maximum absolute atomic E-state index is 11.2. The molecular weight excluding hydrogens is 429 g/mol. The van der Waals surface area contributed by atoms with Gasteiger partial charge in [0.05, 0.1) is 6.10 Å². The molecule has 0 aliphatic carbocycles. The molecular formula is C16H25Cl5N2O2. The summed E-state index contributed by atoms with van der Waals surface area (Å²) in [5.41, 5.74) is 0.628. The zero-order valence-corrected chi connectivity index (χ0v) is 18.2. The smallest absolute Gasteiger partial charge is 0.411 e. The second-order valence-corrected chi connectivity index (χ2v) is 6.57. The molecule has 0 aliphatic rings. The number of hydrogen-bond donors (Lipinski definition) is 1. The second kappa shape index (κ2) is 17.3. The number of ether oxygens (including phenoxy) is 1. The Morgan fingerprint density at radius 2 is 1.64 bits per heavy atom. The van der Waals surface area contributed by atoms with E-state index >= 15 is 0 Å². The molecule has 4 nitrogen and oxygen atoms in total. The fraction of sp³-hybridized carbons (Fsp3) is 0.562. The van der Waals surface area contributed by atoms with Crippen LogP contribution in [0.2, 0.25) is 5.02 Å². The van der Waals surface area contributed by atoms with E-state index in [1.165, 1.54) is 0 Å². The molecule has 1 amide bonds. The lowest BCUT2D eigenvalue weighted by Gasteiger charge is -2.17. The number of rotatable bonds is 8. The number of amides is 1. The van der Waals surface area contributed by atoms with Crippen molar-refractivity contribution in [2.45, 2.75) is 20.0 Å². The van der Waals surface area contributed by atoms with Crippen molar-refractivity contribution >= 4 is 70.6 Å². The van der Waals surface area contributed by atoms with Crippen molar-refractivity contribution in [3.05, 3.63) is 29.3 Å². The quantitative estimate of drug-likeness (QED) is 0.511. The number of anilines is 1. The van der Waals surface area contributed by atoms with Crippen LogP contribution in [0.15, 0.2) is 24.3 Å². The minimum Gasteiger partial charge on any atom is -0.447 e. The first-order valence-corrected chi connectivity index (χ1v) is 9.54. The van der Waals surface area contributed by atoms with Crippen LogP contribution < -0.4 is 5.32 Å². The molecule has 0 bridgehead atoms. The largest absolute Gasteiger partial charge is 0.447 e. The fourth-order valence-electron chi connectivity index (χ4n) is 1.62. The van der Waals surface area contributed by atoms with Crippen LogP contribution in [0.1, 0.15) is 13.8 Å². The summed E-state index contributed by atoms with van der Waals surface area (Å²) in [7, 11) is 0. The lowest BCUT2D eigenvalue weighted by atomic mass is 10.3. The van der Waals surface area contributed by atoms with Crippen molar-refractivity contribution in [3.63, 3.8) is 0 Å². The van der Waals surface area contributed by atoms with E-state index in [0.29, 0.717) is 28.4 Å². The van der Waals surface area contributed by atoms with Crippen LogP contribution in [0.25, 0.3) is 0 Å². The second-order valence-electron chi connectivity index (χ2n) is 5.00. The molecule has 0 radical (unpaired) electrons. The molecule has 0 fully saturated rings. The molecule has 0 saturated carbocycles. The Morgan fingerprint density at radius 1 is 1.12 bits per heavy atom. The molecule has 1 rings (SSSR count). The monoisotopic (exact) mass is 452 g/mol. The van der Waals surface area contributed by atoms with E-state index in [1.807, 2.05) is 0 Å². The molecule has 1 N–H and O–H groups in total. The van der Waals surface area contributed by atoms with Gasteiger partial charge in [-0.2, -0.15) is 0 Å². The Kier molecular flexibility index (Phi) is 18.8. The molecule has 0 atom stereocenters. The predicted octanol–water partition coefficient (Wildman–Crippen LogP) is 5.72.